The van der Waals surface area contributed by atoms with Crippen molar-refractivity contribution < 1.29 is 14.4 Å². The molecule has 3 rings (SSSR count). The van der Waals surface area contributed by atoms with Gasteiger partial charge >= 0.3 is 4.87 Å². The Morgan fingerprint density at radius 3 is 3.14 bits per heavy atom. The number of amides is 1. The molecular formula is C11H13N5O4S2. The van der Waals surface area contributed by atoms with E-state index in [1.807, 2.05) is 0 Å². The Morgan fingerprint density at radius 2 is 2.41 bits per heavy atom. The summed E-state index contributed by atoms with van der Waals surface area (Å²) in [4.78, 5) is 36.8. The fourth-order valence-electron chi connectivity index (χ4n) is 2.00. The normalized spacial score (nSPS) is 21.4. The molecule has 0 unspecified atom stereocenters. The van der Waals surface area contributed by atoms with Crippen LogP contribution < -0.4 is 10.6 Å². The number of carbonyl (C=O) groups is 1. The van der Waals surface area contributed by atoms with Crippen molar-refractivity contribution in [3.05, 3.63) is 15.9 Å². The topological polar surface area (TPSA) is 113 Å². The summed E-state index contributed by atoms with van der Waals surface area (Å²) in [6.07, 6.45) is 0.920. The van der Waals surface area contributed by atoms with Crippen LogP contribution in [-0.2, 0) is 14.4 Å². The first-order chi connectivity index (χ1) is 10.5. The zero-order chi connectivity index (χ0) is 15.9. The molecule has 2 aromatic rings. The quantitative estimate of drug-likeness (QED) is 0.778. The summed E-state index contributed by atoms with van der Waals surface area (Å²) in [6, 6.07) is 0. The van der Waals surface area contributed by atoms with Gasteiger partial charge in [-0.05, 0) is 0 Å². The van der Waals surface area contributed by atoms with Crippen molar-refractivity contribution in [1.29, 1.82) is 0 Å². The van der Waals surface area contributed by atoms with E-state index in [-0.39, 0.29) is 16.7 Å². The molecular weight excluding hydrogens is 330 g/mol. The van der Waals surface area contributed by atoms with Crippen molar-refractivity contribution in [1.82, 2.24) is 19.6 Å². The first-order valence-corrected chi connectivity index (χ1v) is 8.10. The standard InChI is InChI=1S/C11H13N5O4S2/c1-15(19-2)8(17)9-20-6(4-21-9)16-7-5(22-11(16)18)3-13-10(12)14-7/h3,6,9H,4H2,1-2H3,(H2,12,13,14)/t6-,9+/m1/s1. The van der Waals surface area contributed by atoms with Crippen LogP contribution in [0.2, 0.25) is 0 Å². The first kappa shape index (κ1) is 15.2. The van der Waals surface area contributed by atoms with Gasteiger partial charge in [-0.3, -0.25) is 19.0 Å². The SMILES string of the molecule is CON(C)C(=O)[C@H]1O[C@@H](n2c(=O)sc3cnc(N)nc32)CS1. The van der Waals surface area contributed by atoms with E-state index in [0.717, 1.165) is 16.4 Å². The van der Waals surface area contributed by atoms with Crippen molar-refractivity contribution in [2.75, 3.05) is 25.6 Å². The van der Waals surface area contributed by atoms with Crippen LogP contribution in [0, 0.1) is 0 Å². The fraction of sp³-hybridized carbons (Fsp3) is 0.455. The van der Waals surface area contributed by atoms with Crippen molar-refractivity contribution >= 4 is 45.3 Å². The Labute approximate surface area is 133 Å². The van der Waals surface area contributed by atoms with E-state index < -0.39 is 11.7 Å². The molecule has 3 heterocycles. The van der Waals surface area contributed by atoms with Gasteiger partial charge in [-0.25, -0.2) is 10.0 Å². The minimum absolute atomic E-state index is 0.0800. The van der Waals surface area contributed by atoms with Crippen LogP contribution in [0.3, 0.4) is 0 Å². The van der Waals surface area contributed by atoms with Crippen LogP contribution in [0.5, 0.6) is 0 Å². The third kappa shape index (κ3) is 2.56. The maximum Gasteiger partial charge on any atom is 0.311 e. The van der Waals surface area contributed by atoms with E-state index in [1.54, 1.807) is 0 Å². The number of anilines is 1. The number of thioether (sulfide) groups is 1. The van der Waals surface area contributed by atoms with Gasteiger partial charge in [0.15, 0.2) is 17.3 Å². The monoisotopic (exact) mass is 343 g/mol. The van der Waals surface area contributed by atoms with Crippen LogP contribution in [0.1, 0.15) is 6.23 Å². The van der Waals surface area contributed by atoms with Gasteiger partial charge in [-0.1, -0.05) is 11.3 Å². The molecule has 0 saturated carbocycles. The van der Waals surface area contributed by atoms with E-state index in [1.165, 1.54) is 36.7 Å². The summed E-state index contributed by atoms with van der Waals surface area (Å²) in [7, 11) is 2.89. The summed E-state index contributed by atoms with van der Waals surface area (Å²) in [5.74, 6) is 0.206. The number of thiazole rings is 1. The number of carbonyl (C=O) groups excluding carboxylic acids is 1. The van der Waals surface area contributed by atoms with Gasteiger partial charge in [-0.2, -0.15) is 4.98 Å². The van der Waals surface area contributed by atoms with Gasteiger partial charge in [0, 0.05) is 12.8 Å². The molecule has 9 nitrogen and oxygen atoms in total. The number of hydroxylamine groups is 2. The number of ether oxygens (including phenoxy) is 1. The Kier molecular flexibility index (Phi) is 4.04. The molecule has 2 N–H and O–H groups in total. The molecule has 1 fully saturated rings. The lowest BCUT2D eigenvalue weighted by Crippen LogP contribution is -2.34. The highest BCUT2D eigenvalue weighted by molar-refractivity contribution is 8.00. The number of nitrogens with two attached hydrogens (primary N) is 1. The zero-order valence-electron chi connectivity index (χ0n) is 11.8. The van der Waals surface area contributed by atoms with Crippen molar-refractivity contribution in [3.63, 3.8) is 0 Å². The molecule has 1 aliphatic rings. The minimum Gasteiger partial charge on any atom is -0.368 e. The van der Waals surface area contributed by atoms with Crippen molar-refractivity contribution in [2.24, 2.45) is 0 Å². The molecule has 1 aliphatic heterocycles. The zero-order valence-corrected chi connectivity index (χ0v) is 13.4. The number of hydrogen-bond donors (Lipinski definition) is 1. The second-order valence-corrected chi connectivity index (χ2v) is 6.52. The summed E-state index contributed by atoms with van der Waals surface area (Å²) < 4.78 is 7.71. The predicted molar refractivity (Wildman–Crippen MR) is 82.2 cm³/mol. The van der Waals surface area contributed by atoms with Crippen molar-refractivity contribution in [2.45, 2.75) is 11.7 Å². The van der Waals surface area contributed by atoms with Crippen LogP contribution in [0.25, 0.3) is 10.3 Å². The molecule has 0 radical (unpaired) electrons. The van der Waals surface area contributed by atoms with Gasteiger partial charge in [-0.15, -0.1) is 11.8 Å². The van der Waals surface area contributed by atoms with E-state index in [0.29, 0.717) is 16.1 Å². The molecule has 0 aromatic carbocycles. The summed E-state index contributed by atoms with van der Waals surface area (Å²) >= 11 is 2.31. The maximum absolute atomic E-state index is 12.2. The van der Waals surface area contributed by atoms with Crippen LogP contribution in [-0.4, -0.2) is 50.9 Å². The second-order valence-electron chi connectivity index (χ2n) is 4.43. The average molecular weight is 343 g/mol. The third-order valence-corrected chi connectivity index (χ3v) is 5.09. The molecule has 0 bridgehead atoms. The van der Waals surface area contributed by atoms with E-state index in [2.05, 4.69) is 9.97 Å². The molecule has 2 aromatic heterocycles. The number of fused-ring (bicyclic) bond motifs is 1. The Bertz CT molecular complexity index is 775. The molecule has 1 saturated heterocycles. The Hall–Kier alpha value is -1.69. The number of aromatic nitrogens is 3. The van der Waals surface area contributed by atoms with Gasteiger partial charge < -0.3 is 10.5 Å². The number of nitrogen functional groups attached to an aromatic ring is 1. The van der Waals surface area contributed by atoms with Gasteiger partial charge in [0.25, 0.3) is 5.91 Å². The highest BCUT2D eigenvalue weighted by atomic mass is 32.2. The smallest absolute Gasteiger partial charge is 0.311 e. The number of likely N-dealkylation sites (N-methyl/N-ethyl adjacent to an activating group) is 1. The van der Waals surface area contributed by atoms with Gasteiger partial charge in [0.05, 0.1) is 18.0 Å². The van der Waals surface area contributed by atoms with E-state index in [9.17, 15) is 9.59 Å². The summed E-state index contributed by atoms with van der Waals surface area (Å²) in [5, 5.41) is 1.09. The summed E-state index contributed by atoms with van der Waals surface area (Å²) in [6.45, 7) is 0. The third-order valence-electron chi connectivity index (χ3n) is 3.12. The molecule has 22 heavy (non-hydrogen) atoms. The molecule has 1 amide bonds. The molecule has 11 heteroatoms. The largest absolute Gasteiger partial charge is 0.368 e. The highest BCUT2D eigenvalue weighted by Crippen LogP contribution is 2.34. The molecule has 0 aliphatic carbocycles. The van der Waals surface area contributed by atoms with Gasteiger partial charge in [0.1, 0.15) is 0 Å². The predicted octanol–water partition coefficient (Wildman–Crippen LogP) is 0.0431. The molecule has 0 spiro atoms. The number of rotatable bonds is 3. The lowest BCUT2D eigenvalue weighted by molar-refractivity contribution is -0.177. The van der Waals surface area contributed by atoms with E-state index in [4.69, 9.17) is 15.3 Å². The maximum atomic E-state index is 12.2. The highest BCUT2D eigenvalue weighted by Gasteiger charge is 2.36. The Morgan fingerprint density at radius 1 is 1.64 bits per heavy atom. The fourth-order valence-corrected chi connectivity index (χ4v) is 3.89. The average Bonchev–Trinajstić information content (AvgIpc) is 3.09. The van der Waals surface area contributed by atoms with Crippen molar-refractivity contribution in [3.8, 4) is 0 Å². The lowest BCUT2D eigenvalue weighted by atomic mass is 10.5. The lowest BCUT2D eigenvalue weighted by Gasteiger charge is -2.18. The van der Waals surface area contributed by atoms with Crippen LogP contribution in [0.15, 0.2) is 11.0 Å². The number of nitrogens with zero attached hydrogens (tertiary/aromatic N) is 4. The molecule has 2 atom stereocenters. The van der Waals surface area contributed by atoms with Crippen LogP contribution in [0.4, 0.5) is 5.95 Å². The van der Waals surface area contributed by atoms with Crippen LogP contribution >= 0.6 is 23.1 Å². The van der Waals surface area contributed by atoms with E-state index >= 15 is 0 Å². The molecule has 118 valence electrons. The van der Waals surface area contributed by atoms with Gasteiger partial charge in [0.2, 0.25) is 5.95 Å². The first-order valence-electron chi connectivity index (χ1n) is 6.23. The minimum atomic E-state index is -0.726. The second kappa shape index (κ2) is 5.83. The number of hydrogen-bond acceptors (Lipinski definition) is 9. The Balaban J connectivity index is 1.90. The summed E-state index contributed by atoms with van der Waals surface area (Å²) in [5.41, 5.74) is 5.27.